The summed E-state index contributed by atoms with van der Waals surface area (Å²) in [6, 6.07) is 10.1. The van der Waals surface area contributed by atoms with Crippen molar-refractivity contribution in [1.29, 1.82) is 0 Å². The second kappa shape index (κ2) is 6.24. The number of benzene rings is 1. The van der Waals surface area contributed by atoms with Crippen molar-refractivity contribution in [2.45, 2.75) is 12.3 Å². The van der Waals surface area contributed by atoms with Gasteiger partial charge in [0.2, 0.25) is 0 Å². The SMILES string of the molecule is ClCC(Cc1cc(Br)cs1)c1ccccc1Cl. The van der Waals surface area contributed by atoms with Gasteiger partial charge in [0.25, 0.3) is 0 Å². The van der Waals surface area contributed by atoms with E-state index in [1.165, 1.54) is 4.88 Å². The maximum Gasteiger partial charge on any atom is 0.0441 e. The largest absolute Gasteiger partial charge is 0.148 e. The molecule has 1 heterocycles. The van der Waals surface area contributed by atoms with Gasteiger partial charge in [0, 0.05) is 31.6 Å². The van der Waals surface area contributed by atoms with Gasteiger partial charge in [-0.1, -0.05) is 29.8 Å². The summed E-state index contributed by atoms with van der Waals surface area (Å²) in [7, 11) is 0. The fraction of sp³-hybridized carbons (Fsp3) is 0.231. The monoisotopic (exact) mass is 348 g/mol. The van der Waals surface area contributed by atoms with Crippen LogP contribution in [0, 0.1) is 0 Å². The Morgan fingerprint density at radius 3 is 2.65 bits per heavy atom. The molecule has 0 saturated heterocycles. The van der Waals surface area contributed by atoms with Gasteiger partial charge in [0.1, 0.15) is 0 Å². The number of thiophene rings is 1. The highest BCUT2D eigenvalue weighted by molar-refractivity contribution is 9.10. The van der Waals surface area contributed by atoms with Crippen molar-refractivity contribution in [3.05, 3.63) is 55.6 Å². The van der Waals surface area contributed by atoms with Gasteiger partial charge in [-0.3, -0.25) is 0 Å². The average Bonchev–Trinajstić information content (AvgIpc) is 2.73. The smallest absolute Gasteiger partial charge is 0.0441 e. The second-order valence-electron chi connectivity index (χ2n) is 3.81. The van der Waals surface area contributed by atoms with Crippen molar-refractivity contribution in [3.63, 3.8) is 0 Å². The lowest BCUT2D eigenvalue weighted by Crippen LogP contribution is -2.04. The molecule has 17 heavy (non-hydrogen) atoms. The highest BCUT2D eigenvalue weighted by atomic mass is 79.9. The van der Waals surface area contributed by atoms with Crippen molar-refractivity contribution in [3.8, 4) is 0 Å². The molecule has 0 amide bonds. The lowest BCUT2D eigenvalue weighted by molar-refractivity contribution is 0.776. The molecule has 0 spiro atoms. The first kappa shape index (κ1) is 13.4. The minimum Gasteiger partial charge on any atom is -0.148 e. The van der Waals surface area contributed by atoms with Gasteiger partial charge in [-0.05, 0) is 40.0 Å². The van der Waals surface area contributed by atoms with Gasteiger partial charge in [-0.25, -0.2) is 0 Å². The van der Waals surface area contributed by atoms with E-state index in [2.05, 4.69) is 33.4 Å². The topological polar surface area (TPSA) is 0 Å². The zero-order chi connectivity index (χ0) is 12.3. The molecule has 0 N–H and O–H groups in total. The lowest BCUT2D eigenvalue weighted by Gasteiger charge is -2.14. The molecule has 2 rings (SSSR count). The molecule has 0 nitrogen and oxygen atoms in total. The van der Waals surface area contributed by atoms with Crippen LogP contribution < -0.4 is 0 Å². The normalized spacial score (nSPS) is 12.6. The molecule has 0 fully saturated rings. The van der Waals surface area contributed by atoms with Crippen molar-refractivity contribution in [1.82, 2.24) is 0 Å². The summed E-state index contributed by atoms with van der Waals surface area (Å²) in [5.41, 5.74) is 1.13. The predicted molar refractivity (Wildman–Crippen MR) is 80.6 cm³/mol. The molecule has 0 saturated carbocycles. The third kappa shape index (κ3) is 3.47. The Morgan fingerprint density at radius 2 is 2.06 bits per heavy atom. The number of hydrogen-bond donors (Lipinski definition) is 0. The zero-order valence-electron chi connectivity index (χ0n) is 9.00. The number of halogens is 3. The van der Waals surface area contributed by atoms with Crippen LogP contribution in [-0.2, 0) is 6.42 Å². The number of alkyl halides is 1. The molecule has 4 heteroatoms. The average molecular weight is 350 g/mol. The van der Waals surface area contributed by atoms with E-state index in [0.29, 0.717) is 5.88 Å². The maximum atomic E-state index is 6.20. The van der Waals surface area contributed by atoms with Crippen molar-refractivity contribution >= 4 is 50.5 Å². The van der Waals surface area contributed by atoms with Crippen LogP contribution in [0.5, 0.6) is 0 Å². The van der Waals surface area contributed by atoms with E-state index >= 15 is 0 Å². The van der Waals surface area contributed by atoms with Gasteiger partial charge in [0.05, 0.1) is 0 Å². The van der Waals surface area contributed by atoms with Gasteiger partial charge >= 0.3 is 0 Å². The Morgan fingerprint density at radius 1 is 1.29 bits per heavy atom. The molecule has 0 aliphatic heterocycles. The molecule has 2 aromatic rings. The predicted octanol–water partition coefficient (Wildman–Crippen LogP) is 5.73. The first-order valence-corrected chi connectivity index (χ1v) is 7.82. The quantitative estimate of drug-likeness (QED) is 0.618. The number of rotatable bonds is 4. The standard InChI is InChI=1S/C13H11BrCl2S/c14-10-6-11(17-8-10)5-9(7-15)12-3-1-2-4-13(12)16/h1-4,6,8-9H,5,7H2. The van der Waals surface area contributed by atoms with E-state index in [1.807, 2.05) is 18.2 Å². The van der Waals surface area contributed by atoms with E-state index in [9.17, 15) is 0 Å². The van der Waals surface area contributed by atoms with Gasteiger partial charge in [-0.2, -0.15) is 0 Å². The van der Waals surface area contributed by atoms with Crippen molar-refractivity contribution in [2.75, 3.05) is 5.88 Å². The minimum atomic E-state index is 0.274. The van der Waals surface area contributed by atoms with Crippen molar-refractivity contribution in [2.24, 2.45) is 0 Å². The van der Waals surface area contributed by atoms with Crippen LogP contribution >= 0.6 is 50.5 Å². The van der Waals surface area contributed by atoms with Crippen LogP contribution in [0.4, 0.5) is 0 Å². The molecule has 0 radical (unpaired) electrons. The summed E-state index contributed by atoms with van der Waals surface area (Å²) in [5, 5.41) is 2.89. The number of hydrogen-bond acceptors (Lipinski definition) is 1. The molecular weight excluding hydrogens is 339 g/mol. The lowest BCUT2D eigenvalue weighted by atomic mass is 9.97. The molecular formula is C13H11BrCl2S. The van der Waals surface area contributed by atoms with Gasteiger partial charge in [-0.15, -0.1) is 22.9 Å². The summed E-state index contributed by atoms with van der Waals surface area (Å²) in [6.45, 7) is 0. The molecule has 1 aromatic heterocycles. The van der Waals surface area contributed by atoms with Crippen LogP contribution in [0.3, 0.4) is 0 Å². The van der Waals surface area contributed by atoms with Gasteiger partial charge in [0.15, 0.2) is 0 Å². The summed E-state index contributed by atoms with van der Waals surface area (Å²) in [4.78, 5) is 1.32. The molecule has 90 valence electrons. The Labute approximate surface area is 124 Å². The zero-order valence-corrected chi connectivity index (χ0v) is 12.9. The second-order valence-corrected chi connectivity index (χ2v) is 6.44. The molecule has 1 unspecified atom stereocenters. The van der Waals surface area contributed by atoms with E-state index in [-0.39, 0.29) is 5.92 Å². The summed E-state index contributed by atoms with van der Waals surface area (Å²) in [6.07, 6.45) is 0.934. The fourth-order valence-corrected chi connectivity index (χ4v) is 3.86. The van der Waals surface area contributed by atoms with Crippen LogP contribution in [0.25, 0.3) is 0 Å². The Hall–Kier alpha value is -0.0200. The molecule has 1 aromatic carbocycles. The van der Waals surface area contributed by atoms with Crippen molar-refractivity contribution < 1.29 is 0 Å². The van der Waals surface area contributed by atoms with Gasteiger partial charge < -0.3 is 0 Å². The fourth-order valence-electron chi connectivity index (χ4n) is 1.76. The summed E-state index contributed by atoms with van der Waals surface area (Å²) in [5.74, 6) is 0.857. The minimum absolute atomic E-state index is 0.274. The third-order valence-electron chi connectivity index (χ3n) is 2.60. The van der Waals surface area contributed by atoms with E-state index in [4.69, 9.17) is 23.2 Å². The third-order valence-corrected chi connectivity index (χ3v) is 5.04. The summed E-state index contributed by atoms with van der Waals surface area (Å²) < 4.78 is 1.13. The highest BCUT2D eigenvalue weighted by Crippen LogP contribution is 2.31. The first-order valence-electron chi connectivity index (χ1n) is 5.24. The Kier molecular flexibility index (Phi) is 4.92. The van der Waals surface area contributed by atoms with Crippen LogP contribution in [0.15, 0.2) is 40.2 Å². The Bertz CT molecular complexity index is 496. The van der Waals surface area contributed by atoms with E-state index in [1.54, 1.807) is 11.3 Å². The van der Waals surface area contributed by atoms with E-state index in [0.717, 1.165) is 21.5 Å². The van der Waals surface area contributed by atoms with Crippen LogP contribution in [0.1, 0.15) is 16.4 Å². The Balaban J connectivity index is 2.20. The molecule has 1 atom stereocenters. The maximum absolute atomic E-state index is 6.20. The van der Waals surface area contributed by atoms with Crippen LogP contribution in [-0.4, -0.2) is 5.88 Å². The van der Waals surface area contributed by atoms with Crippen LogP contribution in [0.2, 0.25) is 5.02 Å². The molecule has 0 aliphatic rings. The van der Waals surface area contributed by atoms with E-state index < -0.39 is 0 Å². The first-order chi connectivity index (χ1) is 8.20. The highest BCUT2D eigenvalue weighted by Gasteiger charge is 2.15. The molecule has 0 aliphatic carbocycles. The molecule has 0 bridgehead atoms. The summed E-state index contributed by atoms with van der Waals surface area (Å²) >= 11 is 17.5.